The maximum Gasteiger partial charge on any atom is 0.140 e. The highest BCUT2D eigenvalue weighted by atomic mass is 15.2. The van der Waals surface area contributed by atoms with Crippen LogP contribution in [0.5, 0.6) is 0 Å². The predicted octanol–water partition coefficient (Wildman–Crippen LogP) is -0.436. The molecule has 2 radical (unpaired) electrons. The SMILES string of the molecule is CC1CN[C]N1. The van der Waals surface area contributed by atoms with Gasteiger partial charge in [0.05, 0.1) is 0 Å². The van der Waals surface area contributed by atoms with Crippen LogP contribution in [0.2, 0.25) is 0 Å². The summed E-state index contributed by atoms with van der Waals surface area (Å²) in [5, 5.41) is 5.87. The summed E-state index contributed by atoms with van der Waals surface area (Å²) in [5.41, 5.74) is 0. The minimum absolute atomic E-state index is 0.574. The summed E-state index contributed by atoms with van der Waals surface area (Å²) < 4.78 is 0. The van der Waals surface area contributed by atoms with Gasteiger partial charge in [-0.1, -0.05) is 0 Å². The molecular weight excluding hydrogens is 76.1 g/mol. The second kappa shape index (κ2) is 1.58. The summed E-state index contributed by atoms with van der Waals surface area (Å²) in [6, 6.07) is 0.574. The lowest BCUT2D eigenvalue weighted by Gasteiger charge is -1.92. The fourth-order valence-electron chi connectivity index (χ4n) is 0.429. The second-order valence-electron chi connectivity index (χ2n) is 1.55. The van der Waals surface area contributed by atoms with Gasteiger partial charge in [0.25, 0.3) is 0 Å². The molecule has 1 aliphatic rings. The molecule has 1 atom stereocenters. The van der Waals surface area contributed by atoms with Crippen LogP contribution in [0.3, 0.4) is 0 Å². The van der Waals surface area contributed by atoms with Gasteiger partial charge in [-0.15, -0.1) is 0 Å². The number of hydrogen-bond donors (Lipinski definition) is 2. The highest BCUT2D eigenvalue weighted by molar-refractivity contribution is 4.77. The lowest BCUT2D eigenvalue weighted by atomic mass is 10.4. The highest BCUT2D eigenvalue weighted by Gasteiger charge is 2.05. The van der Waals surface area contributed by atoms with E-state index in [4.69, 9.17) is 0 Å². The van der Waals surface area contributed by atoms with Gasteiger partial charge in [0.15, 0.2) is 0 Å². The van der Waals surface area contributed by atoms with Gasteiger partial charge < -0.3 is 0 Å². The lowest BCUT2D eigenvalue weighted by molar-refractivity contribution is 0.713. The van der Waals surface area contributed by atoms with Crippen LogP contribution in [-0.4, -0.2) is 12.6 Å². The molecule has 0 saturated carbocycles. The van der Waals surface area contributed by atoms with Gasteiger partial charge in [-0.3, -0.25) is 10.6 Å². The van der Waals surface area contributed by atoms with E-state index in [1.165, 1.54) is 0 Å². The van der Waals surface area contributed by atoms with E-state index >= 15 is 0 Å². The van der Waals surface area contributed by atoms with E-state index in [-0.39, 0.29) is 0 Å². The summed E-state index contributed by atoms with van der Waals surface area (Å²) in [7, 11) is 0. The molecule has 0 bridgehead atoms. The third-order valence-corrected chi connectivity index (χ3v) is 0.815. The Morgan fingerprint density at radius 3 is 2.83 bits per heavy atom. The maximum atomic E-state index is 2.96. The maximum absolute atomic E-state index is 2.96. The van der Waals surface area contributed by atoms with Crippen LogP contribution in [0.15, 0.2) is 0 Å². The third-order valence-electron chi connectivity index (χ3n) is 0.815. The van der Waals surface area contributed by atoms with Gasteiger partial charge in [0, 0.05) is 12.6 Å². The molecule has 2 N–H and O–H groups in total. The summed E-state index contributed by atoms with van der Waals surface area (Å²) in [5.74, 6) is 0. The average Bonchev–Trinajstić information content (AvgIpc) is 1.86. The topological polar surface area (TPSA) is 24.1 Å². The number of rotatable bonds is 0. The minimum atomic E-state index is 0.574. The summed E-state index contributed by atoms with van der Waals surface area (Å²) in [6.45, 7) is 5.89. The molecule has 34 valence electrons. The number of hydrogen-bond acceptors (Lipinski definition) is 2. The van der Waals surface area contributed by atoms with Crippen molar-refractivity contribution in [3.05, 3.63) is 6.67 Å². The molecule has 0 spiro atoms. The van der Waals surface area contributed by atoms with Crippen molar-refractivity contribution in [2.24, 2.45) is 0 Å². The molecule has 6 heavy (non-hydrogen) atoms. The van der Waals surface area contributed by atoms with Crippen molar-refractivity contribution < 1.29 is 0 Å². The van der Waals surface area contributed by atoms with Crippen molar-refractivity contribution in [3.8, 4) is 0 Å². The zero-order chi connectivity index (χ0) is 4.41. The molecule has 1 saturated heterocycles. The van der Waals surface area contributed by atoms with Gasteiger partial charge in [-0.25, -0.2) is 0 Å². The molecule has 1 unspecified atom stereocenters. The molecule has 0 aliphatic carbocycles. The fraction of sp³-hybridized carbons (Fsp3) is 0.750. The molecule has 1 heterocycles. The van der Waals surface area contributed by atoms with Crippen molar-refractivity contribution in [3.63, 3.8) is 0 Å². The zero-order valence-electron chi connectivity index (χ0n) is 3.78. The van der Waals surface area contributed by atoms with Crippen molar-refractivity contribution in [1.82, 2.24) is 10.6 Å². The predicted molar refractivity (Wildman–Crippen MR) is 23.8 cm³/mol. The van der Waals surface area contributed by atoms with Gasteiger partial charge in [0.2, 0.25) is 0 Å². The lowest BCUT2D eigenvalue weighted by Crippen LogP contribution is -2.16. The normalized spacial score (nSPS) is 34.5. The van der Waals surface area contributed by atoms with Crippen molar-refractivity contribution in [2.45, 2.75) is 13.0 Å². The Morgan fingerprint density at radius 2 is 2.67 bits per heavy atom. The molecule has 2 nitrogen and oxygen atoms in total. The molecule has 0 aromatic heterocycles. The molecular formula is C4H8N2. The molecule has 0 aromatic carbocycles. The summed E-state index contributed by atoms with van der Waals surface area (Å²) in [6.07, 6.45) is 0. The first kappa shape index (κ1) is 4.09. The average molecular weight is 84.1 g/mol. The molecule has 1 rings (SSSR count). The Kier molecular flexibility index (Phi) is 1.08. The Labute approximate surface area is 37.9 Å². The van der Waals surface area contributed by atoms with Crippen LogP contribution in [-0.2, 0) is 0 Å². The smallest absolute Gasteiger partial charge is 0.140 e. The highest BCUT2D eigenvalue weighted by Crippen LogP contribution is 1.84. The van der Waals surface area contributed by atoms with Gasteiger partial charge in [-0.05, 0) is 6.92 Å². The fourth-order valence-corrected chi connectivity index (χ4v) is 0.429. The van der Waals surface area contributed by atoms with Crippen LogP contribution >= 0.6 is 0 Å². The van der Waals surface area contributed by atoms with E-state index in [0.717, 1.165) is 6.54 Å². The van der Waals surface area contributed by atoms with Crippen LogP contribution in [0, 0.1) is 6.67 Å². The molecule has 0 aromatic rings. The van der Waals surface area contributed by atoms with Gasteiger partial charge >= 0.3 is 0 Å². The van der Waals surface area contributed by atoms with Crippen LogP contribution < -0.4 is 10.6 Å². The molecule has 1 fully saturated rings. The number of nitrogens with one attached hydrogen (secondary N) is 2. The Balaban J connectivity index is 2.18. The van der Waals surface area contributed by atoms with Crippen molar-refractivity contribution >= 4 is 0 Å². The Bertz CT molecular complexity index is 38.8. The quantitative estimate of drug-likeness (QED) is 0.416. The zero-order valence-corrected chi connectivity index (χ0v) is 3.78. The van der Waals surface area contributed by atoms with Crippen molar-refractivity contribution in [2.75, 3.05) is 6.54 Å². The molecule has 2 heteroatoms. The van der Waals surface area contributed by atoms with E-state index in [0.29, 0.717) is 6.04 Å². The van der Waals surface area contributed by atoms with E-state index in [2.05, 4.69) is 24.2 Å². The largest absolute Gasteiger partial charge is 0.292 e. The van der Waals surface area contributed by atoms with E-state index in [1.54, 1.807) is 0 Å². The van der Waals surface area contributed by atoms with Crippen LogP contribution in [0.25, 0.3) is 0 Å². The minimum Gasteiger partial charge on any atom is -0.292 e. The standard InChI is InChI=1S/C4H8N2/c1-4-2-5-3-6-4/h4-6H,2H2,1H3. The monoisotopic (exact) mass is 84.1 g/mol. The Hall–Kier alpha value is -0.0800. The van der Waals surface area contributed by atoms with Gasteiger partial charge in [0.1, 0.15) is 6.67 Å². The van der Waals surface area contributed by atoms with Crippen molar-refractivity contribution in [1.29, 1.82) is 0 Å². The molecule has 1 aliphatic heterocycles. The first-order chi connectivity index (χ1) is 2.89. The third kappa shape index (κ3) is 0.698. The van der Waals surface area contributed by atoms with Crippen LogP contribution in [0.1, 0.15) is 6.92 Å². The van der Waals surface area contributed by atoms with E-state index < -0.39 is 0 Å². The first-order valence-corrected chi connectivity index (χ1v) is 2.13. The van der Waals surface area contributed by atoms with E-state index in [9.17, 15) is 0 Å². The second-order valence-corrected chi connectivity index (χ2v) is 1.55. The molecule has 0 amide bonds. The first-order valence-electron chi connectivity index (χ1n) is 2.13. The van der Waals surface area contributed by atoms with Gasteiger partial charge in [-0.2, -0.15) is 0 Å². The van der Waals surface area contributed by atoms with Crippen LogP contribution in [0.4, 0.5) is 0 Å². The summed E-state index contributed by atoms with van der Waals surface area (Å²) in [4.78, 5) is 0. The summed E-state index contributed by atoms with van der Waals surface area (Å²) >= 11 is 0. The van der Waals surface area contributed by atoms with E-state index in [1.807, 2.05) is 0 Å². The Morgan fingerprint density at radius 1 is 1.83 bits per heavy atom.